The lowest BCUT2D eigenvalue weighted by atomic mass is 9.85. The average molecular weight is 274 g/mol. The van der Waals surface area contributed by atoms with Gasteiger partial charge in [-0.3, -0.25) is 0 Å². The molecule has 2 fully saturated rings. The second-order valence-electron chi connectivity index (χ2n) is 5.93. The molecule has 0 amide bonds. The van der Waals surface area contributed by atoms with Crippen molar-refractivity contribution in [1.29, 1.82) is 0 Å². The van der Waals surface area contributed by atoms with Crippen LogP contribution >= 0.6 is 12.2 Å². The molecule has 0 spiro atoms. The van der Waals surface area contributed by atoms with Crippen LogP contribution < -0.4 is 10.6 Å². The summed E-state index contributed by atoms with van der Waals surface area (Å²) >= 11 is 5.24. The van der Waals surface area contributed by atoms with E-state index in [9.17, 15) is 0 Å². The van der Waals surface area contributed by atoms with E-state index in [4.69, 9.17) is 18.0 Å². The Balaban J connectivity index is 2.00. The molecular formula is C16H22N2S. The molecule has 0 radical (unpaired) electrons. The van der Waals surface area contributed by atoms with Crippen molar-refractivity contribution < 1.29 is 0 Å². The van der Waals surface area contributed by atoms with Crippen LogP contribution in [0.5, 0.6) is 0 Å². The third-order valence-electron chi connectivity index (χ3n) is 4.80. The fourth-order valence-electron chi connectivity index (χ4n) is 3.92. The Kier molecular flexibility index (Phi) is 3.48. The molecule has 2 unspecified atom stereocenters. The van der Waals surface area contributed by atoms with Gasteiger partial charge in [0.05, 0.1) is 5.69 Å². The van der Waals surface area contributed by atoms with Gasteiger partial charge in [0.25, 0.3) is 0 Å². The molecule has 2 atom stereocenters. The Labute approximate surface area is 121 Å². The molecule has 19 heavy (non-hydrogen) atoms. The molecule has 1 saturated carbocycles. The number of rotatable bonds is 2. The molecule has 102 valence electrons. The highest BCUT2D eigenvalue weighted by Gasteiger charge is 2.37. The van der Waals surface area contributed by atoms with E-state index < -0.39 is 0 Å². The minimum absolute atomic E-state index is 0.526. The first-order valence-electron chi connectivity index (χ1n) is 7.34. The van der Waals surface area contributed by atoms with Gasteiger partial charge in [0, 0.05) is 18.2 Å². The first kappa shape index (κ1) is 12.9. The topological polar surface area (TPSA) is 29.3 Å². The van der Waals surface area contributed by atoms with Gasteiger partial charge in [-0.1, -0.05) is 37.2 Å². The number of benzene rings is 1. The number of nitrogens with zero attached hydrogens (tertiary/aromatic N) is 1. The maximum atomic E-state index is 5.92. The molecule has 2 nitrogen and oxygen atoms in total. The summed E-state index contributed by atoms with van der Waals surface area (Å²) in [6.07, 6.45) is 6.83. The summed E-state index contributed by atoms with van der Waals surface area (Å²) < 4.78 is 0. The summed E-state index contributed by atoms with van der Waals surface area (Å²) in [5.74, 6) is 0.882. The highest BCUT2D eigenvalue weighted by Crippen LogP contribution is 2.41. The quantitative estimate of drug-likeness (QED) is 0.838. The zero-order chi connectivity index (χ0) is 13.4. The molecular weight excluding hydrogens is 252 g/mol. The Morgan fingerprint density at radius 3 is 2.84 bits per heavy atom. The third-order valence-corrected chi connectivity index (χ3v) is 5.02. The normalized spacial score (nSPS) is 26.3. The molecule has 3 heteroatoms. The maximum absolute atomic E-state index is 5.92. The van der Waals surface area contributed by atoms with Crippen molar-refractivity contribution in [2.24, 2.45) is 11.7 Å². The van der Waals surface area contributed by atoms with Crippen LogP contribution in [0.4, 0.5) is 5.69 Å². The van der Waals surface area contributed by atoms with E-state index in [0.29, 0.717) is 11.0 Å². The number of hydrogen-bond acceptors (Lipinski definition) is 2. The second-order valence-corrected chi connectivity index (χ2v) is 6.37. The van der Waals surface area contributed by atoms with Crippen molar-refractivity contribution in [3.05, 3.63) is 29.3 Å². The van der Waals surface area contributed by atoms with Gasteiger partial charge in [-0.25, -0.2) is 0 Å². The van der Waals surface area contributed by atoms with Crippen LogP contribution in [0.1, 0.15) is 43.2 Å². The first-order valence-corrected chi connectivity index (χ1v) is 7.75. The maximum Gasteiger partial charge on any atom is 0.106 e. The summed E-state index contributed by atoms with van der Waals surface area (Å²) in [5, 5.41) is 0. The van der Waals surface area contributed by atoms with E-state index >= 15 is 0 Å². The van der Waals surface area contributed by atoms with Gasteiger partial charge in [-0.15, -0.1) is 0 Å². The highest BCUT2D eigenvalue weighted by molar-refractivity contribution is 7.80. The second kappa shape index (κ2) is 5.12. The van der Waals surface area contributed by atoms with Gasteiger partial charge in [-0.2, -0.15) is 0 Å². The minimum atomic E-state index is 0.526. The fraction of sp³-hybridized carbons (Fsp3) is 0.562. The fourth-order valence-corrected chi connectivity index (χ4v) is 4.09. The van der Waals surface area contributed by atoms with Gasteiger partial charge < -0.3 is 10.6 Å². The molecule has 3 rings (SSSR count). The summed E-state index contributed by atoms with van der Waals surface area (Å²) in [4.78, 5) is 3.12. The van der Waals surface area contributed by atoms with Crippen LogP contribution in [-0.4, -0.2) is 17.6 Å². The number of hydrogen-bond donors (Lipinski definition) is 1. The van der Waals surface area contributed by atoms with Crippen molar-refractivity contribution in [3.8, 4) is 0 Å². The van der Waals surface area contributed by atoms with Crippen LogP contribution in [0.3, 0.4) is 0 Å². The summed E-state index contributed by atoms with van der Waals surface area (Å²) in [5.41, 5.74) is 9.58. The van der Waals surface area contributed by atoms with Gasteiger partial charge in [-0.05, 0) is 43.7 Å². The number of aryl methyl sites for hydroxylation is 1. The largest absolute Gasteiger partial charge is 0.389 e. The van der Waals surface area contributed by atoms with E-state index in [1.807, 2.05) is 0 Å². The summed E-state index contributed by atoms with van der Waals surface area (Å²) in [6, 6.07) is 7.01. The van der Waals surface area contributed by atoms with Crippen molar-refractivity contribution in [2.75, 3.05) is 11.4 Å². The molecule has 2 N–H and O–H groups in total. The lowest BCUT2D eigenvalue weighted by molar-refractivity contribution is 0.342. The molecule has 1 heterocycles. The predicted octanol–water partition coefficient (Wildman–Crippen LogP) is 3.40. The average Bonchev–Trinajstić information content (AvgIpc) is 2.82. The van der Waals surface area contributed by atoms with Gasteiger partial charge >= 0.3 is 0 Å². The van der Waals surface area contributed by atoms with Crippen LogP contribution in [0.2, 0.25) is 0 Å². The van der Waals surface area contributed by atoms with E-state index in [0.717, 1.165) is 18.0 Å². The highest BCUT2D eigenvalue weighted by atomic mass is 32.1. The Morgan fingerprint density at radius 2 is 2.05 bits per heavy atom. The van der Waals surface area contributed by atoms with Gasteiger partial charge in [0.2, 0.25) is 0 Å². The first-order chi connectivity index (χ1) is 9.18. The van der Waals surface area contributed by atoms with Gasteiger partial charge in [0.15, 0.2) is 0 Å². The lowest BCUT2D eigenvalue weighted by Crippen LogP contribution is -2.36. The number of thiocarbonyl (C=S) groups is 1. The van der Waals surface area contributed by atoms with Crippen LogP contribution in [-0.2, 0) is 0 Å². The molecule has 2 aliphatic rings. The SMILES string of the molecule is Cc1cccc(C(N)=S)c1N1CCC2CCCCC21. The number of fused-ring (bicyclic) bond motifs is 1. The molecule has 1 aromatic rings. The standard InChI is InChI=1S/C16H22N2S/c1-11-5-4-7-13(16(17)19)15(11)18-10-9-12-6-2-3-8-14(12)18/h4-5,7,12,14H,2-3,6,8-10H2,1H3,(H2,17,19). The van der Waals surface area contributed by atoms with E-state index in [1.165, 1.54) is 43.4 Å². The monoisotopic (exact) mass is 274 g/mol. The van der Waals surface area contributed by atoms with Crippen LogP contribution in [0.25, 0.3) is 0 Å². The minimum Gasteiger partial charge on any atom is -0.389 e. The molecule has 0 aromatic heterocycles. The molecule has 1 saturated heterocycles. The van der Waals surface area contributed by atoms with Crippen molar-refractivity contribution in [3.63, 3.8) is 0 Å². The van der Waals surface area contributed by atoms with Crippen LogP contribution in [0, 0.1) is 12.8 Å². The third kappa shape index (κ3) is 2.25. The van der Waals surface area contributed by atoms with Gasteiger partial charge in [0.1, 0.15) is 4.99 Å². The van der Waals surface area contributed by atoms with Crippen LogP contribution in [0.15, 0.2) is 18.2 Å². The Bertz CT molecular complexity index is 498. The summed E-state index contributed by atoms with van der Waals surface area (Å²) in [6.45, 7) is 3.34. The van der Waals surface area contributed by atoms with E-state index in [-0.39, 0.29) is 0 Å². The molecule has 1 aromatic carbocycles. The lowest BCUT2D eigenvalue weighted by Gasteiger charge is -2.35. The smallest absolute Gasteiger partial charge is 0.106 e. The van der Waals surface area contributed by atoms with E-state index in [2.05, 4.69) is 30.0 Å². The summed E-state index contributed by atoms with van der Waals surface area (Å²) in [7, 11) is 0. The predicted molar refractivity (Wildman–Crippen MR) is 84.8 cm³/mol. The van der Waals surface area contributed by atoms with Crippen molar-refractivity contribution in [1.82, 2.24) is 0 Å². The zero-order valence-corrected chi connectivity index (χ0v) is 12.4. The molecule has 0 bridgehead atoms. The number of para-hydroxylation sites is 1. The Hall–Kier alpha value is -1.09. The molecule has 1 aliphatic heterocycles. The number of anilines is 1. The number of nitrogens with two attached hydrogens (primary N) is 1. The van der Waals surface area contributed by atoms with Crippen molar-refractivity contribution in [2.45, 2.75) is 45.1 Å². The van der Waals surface area contributed by atoms with Crippen molar-refractivity contribution >= 4 is 22.9 Å². The van der Waals surface area contributed by atoms with E-state index in [1.54, 1.807) is 0 Å². The Morgan fingerprint density at radius 1 is 1.26 bits per heavy atom. The molecule has 1 aliphatic carbocycles. The zero-order valence-electron chi connectivity index (χ0n) is 11.6.